The van der Waals surface area contributed by atoms with Gasteiger partial charge in [0.2, 0.25) is 0 Å². The molecule has 0 spiro atoms. The van der Waals surface area contributed by atoms with Crippen LogP contribution in [-0.2, 0) is 4.79 Å². The van der Waals surface area contributed by atoms with E-state index in [1.165, 1.54) is 25.1 Å². The average molecular weight is 301 g/mol. The summed E-state index contributed by atoms with van der Waals surface area (Å²) in [6.45, 7) is 5.34. The summed E-state index contributed by atoms with van der Waals surface area (Å²) in [5, 5.41) is 13.9. The SMILES string of the molecule is CCC(C)NC(=O)C(C)Oc1cc(Cl)ccc1[N+](=O)[O-]. The first-order valence-electron chi connectivity index (χ1n) is 6.26. The van der Waals surface area contributed by atoms with Gasteiger partial charge in [0.15, 0.2) is 11.9 Å². The van der Waals surface area contributed by atoms with Gasteiger partial charge in [0, 0.05) is 23.2 Å². The Hall–Kier alpha value is -1.82. The van der Waals surface area contributed by atoms with Crippen LogP contribution in [-0.4, -0.2) is 23.0 Å². The van der Waals surface area contributed by atoms with E-state index in [1.54, 1.807) is 0 Å². The van der Waals surface area contributed by atoms with E-state index >= 15 is 0 Å². The highest BCUT2D eigenvalue weighted by molar-refractivity contribution is 6.30. The molecule has 0 saturated carbocycles. The minimum absolute atomic E-state index is 0.0166. The van der Waals surface area contributed by atoms with Crippen molar-refractivity contribution in [3.63, 3.8) is 0 Å². The molecule has 1 aromatic carbocycles. The van der Waals surface area contributed by atoms with E-state index in [4.69, 9.17) is 16.3 Å². The first-order valence-corrected chi connectivity index (χ1v) is 6.64. The lowest BCUT2D eigenvalue weighted by atomic mass is 10.2. The zero-order valence-electron chi connectivity index (χ0n) is 11.6. The van der Waals surface area contributed by atoms with E-state index in [9.17, 15) is 14.9 Å². The van der Waals surface area contributed by atoms with Crippen LogP contribution in [0.15, 0.2) is 18.2 Å². The van der Waals surface area contributed by atoms with Gasteiger partial charge in [-0.25, -0.2) is 0 Å². The number of nitrogens with one attached hydrogen (secondary N) is 1. The van der Waals surface area contributed by atoms with Crippen LogP contribution in [0.5, 0.6) is 5.75 Å². The number of rotatable bonds is 6. The molecule has 1 amide bonds. The van der Waals surface area contributed by atoms with Gasteiger partial charge in [0.25, 0.3) is 5.91 Å². The highest BCUT2D eigenvalue weighted by Gasteiger charge is 2.22. The number of hydrogen-bond donors (Lipinski definition) is 1. The summed E-state index contributed by atoms with van der Waals surface area (Å²) >= 11 is 5.79. The molecule has 7 heteroatoms. The Balaban J connectivity index is 2.84. The Morgan fingerprint density at radius 2 is 2.15 bits per heavy atom. The molecule has 1 aromatic rings. The molecule has 0 aliphatic heterocycles. The van der Waals surface area contributed by atoms with Crippen LogP contribution in [0.25, 0.3) is 0 Å². The minimum atomic E-state index is -0.846. The number of carbonyl (C=O) groups excluding carboxylic acids is 1. The largest absolute Gasteiger partial charge is 0.474 e. The number of nitrogens with zero attached hydrogens (tertiary/aromatic N) is 1. The molecule has 6 nitrogen and oxygen atoms in total. The van der Waals surface area contributed by atoms with Crippen molar-refractivity contribution < 1.29 is 14.5 Å². The van der Waals surface area contributed by atoms with Crippen LogP contribution < -0.4 is 10.1 Å². The fourth-order valence-corrected chi connectivity index (χ4v) is 1.60. The fraction of sp³-hybridized carbons (Fsp3) is 0.462. The van der Waals surface area contributed by atoms with Crippen molar-refractivity contribution in [2.75, 3.05) is 0 Å². The van der Waals surface area contributed by atoms with Gasteiger partial charge in [-0.3, -0.25) is 14.9 Å². The minimum Gasteiger partial charge on any atom is -0.474 e. The van der Waals surface area contributed by atoms with Crippen molar-refractivity contribution in [1.29, 1.82) is 0 Å². The smallest absolute Gasteiger partial charge is 0.311 e. The normalized spacial score (nSPS) is 13.4. The second-order valence-electron chi connectivity index (χ2n) is 4.45. The van der Waals surface area contributed by atoms with E-state index < -0.39 is 11.0 Å². The number of hydrogen-bond acceptors (Lipinski definition) is 4. The molecular formula is C13H17ClN2O4. The van der Waals surface area contributed by atoms with Crippen LogP contribution in [0, 0.1) is 10.1 Å². The third-order valence-corrected chi connectivity index (χ3v) is 3.03. The standard InChI is InChI=1S/C13H17ClN2O4/c1-4-8(2)15-13(17)9(3)20-12-7-10(14)5-6-11(12)16(18)19/h5-9H,4H2,1-3H3,(H,15,17). The van der Waals surface area contributed by atoms with Crippen LogP contribution in [0.3, 0.4) is 0 Å². The summed E-state index contributed by atoms with van der Waals surface area (Å²) in [6, 6.07) is 3.99. The molecule has 0 fully saturated rings. The Morgan fingerprint density at radius 3 is 2.70 bits per heavy atom. The highest BCUT2D eigenvalue weighted by Crippen LogP contribution is 2.30. The molecular weight excluding hydrogens is 284 g/mol. The maximum atomic E-state index is 11.8. The van der Waals surface area contributed by atoms with E-state index in [-0.39, 0.29) is 23.4 Å². The second-order valence-corrected chi connectivity index (χ2v) is 4.88. The average Bonchev–Trinajstić information content (AvgIpc) is 2.38. The lowest BCUT2D eigenvalue weighted by Crippen LogP contribution is -2.41. The third-order valence-electron chi connectivity index (χ3n) is 2.79. The van der Waals surface area contributed by atoms with Crippen LogP contribution in [0.4, 0.5) is 5.69 Å². The number of ether oxygens (including phenoxy) is 1. The summed E-state index contributed by atoms with van der Waals surface area (Å²) in [4.78, 5) is 22.2. The van der Waals surface area contributed by atoms with Gasteiger partial charge in [-0.05, 0) is 26.3 Å². The molecule has 0 aromatic heterocycles. The maximum Gasteiger partial charge on any atom is 0.311 e. The van der Waals surface area contributed by atoms with Gasteiger partial charge in [-0.15, -0.1) is 0 Å². The molecule has 1 rings (SSSR count). The lowest BCUT2D eigenvalue weighted by molar-refractivity contribution is -0.386. The number of carbonyl (C=O) groups is 1. The van der Waals surface area contributed by atoms with Gasteiger partial charge in [0.05, 0.1) is 4.92 Å². The van der Waals surface area contributed by atoms with Crippen molar-refractivity contribution in [2.45, 2.75) is 39.3 Å². The molecule has 0 radical (unpaired) electrons. The van der Waals surface area contributed by atoms with Gasteiger partial charge < -0.3 is 10.1 Å². The number of halogens is 1. The van der Waals surface area contributed by atoms with E-state index in [1.807, 2.05) is 13.8 Å². The molecule has 20 heavy (non-hydrogen) atoms. The number of nitro benzene ring substituents is 1. The summed E-state index contributed by atoms with van der Waals surface area (Å²) < 4.78 is 5.36. The monoisotopic (exact) mass is 300 g/mol. The number of nitro groups is 1. The number of benzene rings is 1. The molecule has 2 atom stereocenters. The van der Waals surface area contributed by atoms with E-state index in [0.717, 1.165) is 6.42 Å². The van der Waals surface area contributed by atoms with Crippen molar-refractivity contribution in [2.24, 2.45) is 0 Å². The fourth-order valence-electron chi connectivity index (χ4n) is 1.44. The summed E-state index contributed by atoms with van der Waals surface area (Å²) in [5.74, 6) is -0.345. The highest BCUT2D eigenvalue weighted by atomic mass is 35.5. The summed E-state index contributed by atoms with van der Waals surface area (Å²) in [6.07, 6.45) is -0.0587. The van der Waals surface area contributed by atoms with Crippen molar-refractivity contribution >= 4 is 23.2 Å². The Kier molecular flexibility index (Phi) is 5.76. The maximum absolute atomic E-state index is 11.8. The third kappa shape index (κ3) is 4.38. The van der Waals surface area contributed by atoms with Crippen molar-refractivity contribution in [1.82, 2.24) is 5.32 Å². The first kappa shape index (κ1) is 16.2. The quantitative estimate of drug-likeness (QED) is 0.647. The van der Waals surface area contributed by atoms with Gasteiger partial charge >= 0.3 is 5.69 Å². The van der Waals surface area contributed by atoms with Gasteiger partial charge in [-0.1, -0.05) is 18.5 Å². The van der Waals surface area contributed by atoms with Crippen molar-refractivity contribution in [3.8, 4) is 5.75 Å². The zero-order valence-corrected chi connectivity index (χ0v) is 12.3. The van der Waals surface area contributed by atoms with E-state index in [0.29, 0.717) is 5.02 Å². The summed E-state index contributed by atoms with van der Waals surface area (Å²) in [7, 11) is 0. The van der Waals surface area contributed by atoms with E-state index in [2.05, 4.69) is 5.32 Å². The molecule has 110 valence electrons. The van der Waals surface area contributed by atoms with Gasteiger partial charge in [-0.2, -0.15) is 0 Å². The summed E-state index contributed by atoms with van der Waals surface area (Å²) in [5.41, 5.74) is -0.224. The molecule has 1 N–H and O–H groups in total. The molecule has 0 aliphatic rings. The topological polar surface area (TPSA) is 81.5 Å². The van der Waals surface area contributed by atoms with Gasteiger partial charge in [0.1, 0.15) is 0 Å². The Morgan fingerprint density at radius 1 is 1.50 bits per heavy atom. The Labute approximate surface area is 122 Å². The molecule has 0 saturated heterocycles. The molecule has 0 bridgehead atoms. The van der Waals surface area contributed by atoms with Crippen LogP contribution in [0.2, 0.25) is 5.02 Å². The predicted octanol–water partition coefficient (Wildman–Crippen LogP) is 2.93. The number of amides is 1. The predicted molar refractivity (Wildman–Crippen MR) is 76.1 cm³/mol. The Bertz CT molecular complexity index is 507. The zero-order chi connectivity index (χ0) is 15.3. The molecule has 2 unspecified atom stereocenters. The van der Waals surface area contributed by atoms with Crippen molar-refractivity contribution in [3.05, 3.63) is 33.3 Å². The first-order chi connectivity index (χ1) is 9.35. The van der Waals surface area contributed by atoms with Crippen LogP contribution in [0.1, 0.15) is 27.2 Å². The molecule has 0 aliphatic carbocycles. The van der Waals surface area contributed by atoms with Crippen LogP contribution >= 0.6 is 11.6 Å². The lowest BCUT2D eigenvalue weighted by Gasteiger charge is -2.17. The second kappa shape index (κ2) is 7.09. The molecule has 0 heterocycles.